The van der Waals surface area contributed by atoms with Crippen LogP contribution >= 0.6 is 0 Å². The molecule has 1 aliphatic rings. The fourth-order valence-corrected chi connectivity index (χ4v) is 3.43. The first kappa shape index (κ1) is 14.1. The van der Waals surface area contributed by atoms with Gasteiger partial charge in [-0.15, -0.1) is 0 Å². The second-order valence-electron chi connectivity index (χ2n) is 6.38. The zero-order valence-corrected chi connectivity index (χ0v) is 13.3. The number of carbonyl (C=O) groups excluding carboxylic acids is 1. The SMILES string of the molecule is Cc1cc2cc(CC(=O)N3CCc4ccccc4C3)ccc2[nH]1. The predicted molar refractivity (Wildman–Crippen MR) is 92.3 cm³/mol. The largest absolute Gasteiger partial charge is 0.359 e. The van der Waals surface area contributed by atoms with Crippen LogP contribution in [0.4, 0.5) is 0 Å². The van der Waals surface area contributed by atoms with Crippen LogP contribution in [0.15, 0.2) is 48.5 Å². The first-order valence-corrected chi connectivity index (χ1v) is 8.12. The van der Waals surface area contributed by atoms with Crippen molar-refractivity contribution in [2.75, 3.05) is 6.54 Å². The summed E-state index contributed by atoms with van der Waals surface area (Å²) in [4.78, 5) is 17.9. The molecule has 1 N–H and O–H groups in total. The molecule has 2 heterocycles. The third-order valence-corrected chi connectivity index (χ3v) is 4.66. The van der Waals surface area contributed by atoms with E-state index in [1.165, 1.54) is 16.5 Å². The number of hydrogen-bond acceptors (Lipinski definition) is 1. The lowest BCUT2D eigenvalue weighted by Gasteiger charge is -2.29. The number of nitrogens with one attached hydrogen (secondary N) is 1. The van der Waals surface area contributed by atoms with E-state index in [1.807, 2.05) is 11.0 Å². The summed E-state index contributed by atoms with van der Waals surface area (Å²) >= 11 is 0. The molecular weight excluding hydrogens is 284 g/mol. The normalized spacial score (nSPS) is 14.0. The summed E-state index contributed by atoms with van der Waals surface area (Å²) < 4.78 is 0. The van der Waals surface area contributed by atoms with Gasteiger partial charge in [-0.05, 0) is 53.6 Å². The first-order chi connectivity index (χ1) is 11.2. The van der Waals surface area contributed by atoms with Crippen LogP contribution in [-0.2, 0) is 24.2 Å². The molecule has 0 fully saturated rings. The smallest absolute Gasteiger partial charge is 0.227 e. The summed E-state index contributed by atoms with van der Waals surface area (Å²) in [5.74, 6) is 0.214. The maximum Gasteiger partial charge on any atom is 0.227 e. The summed E-state index contributed by atoms with van der Waals surface area (Å²) in [7, 11) is 0. The highest BCUT2D eigenvalue weighted by Crippen LogP contribution is 2.21. The molecule has 0 saturated heterocycles. The quantitative estimate of drug-likeness (QED) is 0.771. The van der Waals surface area contributed by atoms with Crippen LogP contribution in [-0.4, -0.2) is 22.3 Å². The number of aryl methyl sites for hydroxylation is 1. The average Bonchev–Trinajstić information content (AvgIpc) is 2.93. The Kier molecular flexibility index (Phi) is 3.41. The number of aromatic amines is 1. The van der Waals surface area contributed by atoms with E-state index >= 15 is 0 Å². The van der Waals surface area contributed by atoms with Gasteiger partial charge in [0.1, 0.15) is 0 Å². The van der Waals surface area contributed by atoms with Crippen LogP contribution in [0.1, 0.15) is 22.4 Å². The van der Waals surface area contributed by atoms with Gasteiger partial charge in [0.2, 0.25) is 5.91 Å². The number of rotatable bonds is 2. The van der Waals surface area contributed by atoms with Crippen LogP contribution in [0.5, 0.6) is 0 Å². The van der Waals surface area contributed by atoms with Crippen molar-refractivity contribution < 1.29 is 4.79 Å². The third kappa shape index (κ3) is 2.74. The number of aromatic nitrogens is 1. The van der Waals surface area contributed by atoms with Crippen molar-refractivity contribution in [3.63, 3.8) is 0 Å². The van der Waals surface area contributed by atoms with Crippen molar-refractivity contribution in [2.45, 2.75) is 26.3 Å². The average molecular weight is 304 g/mol. The molecule has 0 unspecified atom stereocenters. The Bertz CT molecular complexity index is 878. The summed E-state index contributed by atoms with van der Waals surface area (Å²) in [6.07, 6.45) is 1.43. The number of hydrogen-bond donors (Lipinski definition) is 1. The summed E-state index contributed by atoms with van der Waals surface area (Å²) in [6.45, 7) is 3.61. The van der Waals surface area contributed by atoms with Crippen LogP contribution in [0.2, 0.25) is 0 Å². The Morgan fingerprint density at radius 1 is 1.13 bits per heavy atom. The van der Waals surface area contributed by atoms with Crippen LogP contribution in [0.3, 0.4) is 0 Å². The molecule has 1 amide bonds. The van der Waals surface area contributed by atoms with Crippen molar-refractivity contribution in [3.8, 4) is 0 Å². The van der Waals surface area contributed by atoms with Gasteiger partial charge >= 0.3 is 0 Å². The summed E-state index contributed by atoms with van der Waals surface area (Å²) in [5.41, 5.74) is 6.02. The lowest BCUT2D eigenvalue weighted by molar-refractivity contribution is -0.131. The van der Waals surface area contributed by atoms with E-state index in [-0.39, 0.29) is 5.91 Å². The fourth-order valence-electron chi connectivity index (χ4n) is 3.43. The van der Waals surface area contributed by atoms with Crippen LogP contribution in [0, 0.1) is 6.92 Å². The Balaban J connectivity index is 1.51. The maximum absolute atomic E-state index is 12.6. The molecule has 0 saturated carbocycles. The lowest BCUT2D eigenvalue weighted by Crippen LogP contribution is -2.36. The maximum atomic E-state index is 12.6. The Labute approximate surface area is 135 Å². The minimum Gasteiger partial charge on any atom is -0.359 e. The zero-order valence-electron chi connectivity index (χ0n) is 13.3. The molecular formula is C20H20N2O. The summed E-state index contributed by atoms with van der Waals surface area (Å²) in [6, 6.07) is 16.8. The van der Waals surface area contributed by atoms with Crippen molar-refractivity contribution >= 4 is 16.8 Å². The number of nitrogens with zero attached hydrogens (tertiary/aromatic N) is 1. The van der Waals surface area contributed by atoms with Gasteiger partial charge in [-0.2, -0.15) is 0 Å². The molecule has 2 aromatic carbocycles. The molecule has 116 valence electrons. The third-order valence-electron chi connectivity index (χ3n) is 4.66. The van der Waals surface area contributed by atoms with Gasteiger partial charge in [-0.25, -0.2) is 0 Å². The Hall–Kier alpha value is -2.55. The van der Waals surface area contributed by atoms with Gasteiger partial charge in [-0.3, -0.25) is 4.79 Å². The molecule has 0 spiro atoms. The van der Waals surface area contributed by atoms with Crippen LogP contribution < -0.4 is 0 Å². The monoisotopic (exact) mass is 304 g/mol. The van der Waals surface area contributed by atoms with E-state index in [0.717, 1.165) is 36.3 Å². The van der Waals surface area contributed by atoms with Gasteiger partial charge in [-0.1, -0.05) is 30.3 Å². The Morgan fingerprint density at radius 3 is 2.83 bits per heavy atom. The van der Waals surface area contributed by atoms with E-state index in [2.05, 4.69) is 54.4 Å². The standard InChI is InChI=1S/C20H20N2O/c1-14-10-18-11-15(6-7-19(18)21-14)12-20(23)22-9-8-16-4-2-3-5-17(16)13-22/h2-7,10-11,21H,8-9,12-13H2,1H3. The number of H-pyrrole nitrogens is 1. The van der Waals surface area contributed by atoms with E-state index in [0.29, 0.717) is 6.42 Å². The number of amides is 1. The number of carbonyl (C=O) groups is 1. The highest BCUT2D eigenvalue weighted by molar-refractivity contribution is 5.84. The molecule has 1 aromatic heterocycles. The van der Waals surface area contributed by atoms with Crippen LogP contribution in [0.25, 0.3) is 10.9 Å². The van der Waals surface area contributed by atoms with E-state index < -0.39 is 0 Å². The minimum atomic E-state index is 0.214. The molecule has 3 aromatic rings. The number of benzene rings is 2. The van der Waals surface area contributed by atoms with Crippen molar-refractivity contribution in [1.82, 2.24) is 9.88 Å². The van der Waals surface area contributed by atoms with Crippen molar-refractivity contribution in [1.29, 1.82) is 0 Å². The molecule has 0 atom stereocenters. The predicted octanol–water partition coefficient (Wildman–Crippen LogP) is 3.60. The Morgan fingerprint density at radius 2 is 1.96 bits per heavy atom. The van der Waals surface area contributed by atoms with E-state index in [4.69, 9.17) is 0 Å². The second-order valence-corrected chi connectivity index (χ2v) is 6.38. The molecule has 3 nitrogen and oxygen atoms in total. The zero-order chi connectivity index (χ0) is 15.8. The van der Waals surface area contributed by atoms with Crippen molar-refractivity contribution in [3.05, 3.63) is 70.9 Å². The topological polar surface area (TPSA) is 36.1 Å². The first-order valence-electron chi connectivity index (χ1n) is 8.12. The molecule has 4 rings (SSSR count). The van der Waals surface area contributed by atoms with E-state index in [9.17, 15) is 4.79 Å². The van der Waals surface area contributed by atoms with Gasteiger partial charge < -0.3 is 9.88 Å². The molecule has 1 aliphatic heterocycles. The molecule has 0 radical (unpaired) electrons. The molecule has 23 heavy (non-hydrogen) atoms. The van der Waals surface area contributed by atoms with Gasteiger partial charge in [0.25, 0.3) is 0 Å². The van der Waals surface area contributed by atoms with Crippen molar-refractivity contribution in [2.24, 2.45) is 0 Å². The molecule has 0 aliphatic carbocycles. The van der Waals surface area contributed by atoms with E-state index in [1.54, 1.807) is 0 Å². The van der Waals surface area contributed by atoms with Gasteiger partial charge in [0.15, 0.2) is 0 Å². The highest BCUT2D eigenvalue weighted by Gasteiger charge is 2.20. The van der Waals surface area contributed by atoms with Gasteiger partial charge in [0.05, 0.1) is 6.42 Å². The molecule has 0 bridgehead atoms. The second kappa shape index (κ2) is 5.58. The fraction of sp³-hybridized carbons (Fsp3) is 0.250. The number of fused-ring (bicyclic) bond motifs is 2. The minimum absolute atomic E-state index is 0.214. The van der Waals surface area contributed by atoms with Gasteiger partial charge in [0, 0.05) is 24.3 Å². The molecule has 3 heteroatoms. The highest BCUT2D eigenvalue weighted by atomic mass is 16.2. The lowest BCUT2D eigenvalue weighted by atomic mass is 9.99. The summed E-state index contributed by atoms with van der Waals surface area (Å²) in [5, 5.41) is 1.18.